The number of anilines is 2. The first-order valence-corrected chi connectivity index (χ1v) is 11.5. The number of thiazole rings is 1. The van der Waals surface area contributed by atoms with E-state index >= 15 is 0 Å². The van der Waals surface area contributed by atoms with Gasteiger partial charge in [-0.3, -0.25) is 4.79 Å². The number of aryl methyl sites for hydroxylation is 1. The van der Waals surface area contributed by atoms with Gasteiger partial charge in [0.1, 0.15) is 30.3 Å². The van der Waals surface area contributed by atoms with Crippen molar-refractivity contribution in [2.45, 2.75) is 26.9 Å². The number of carbonyl (C=O) groups excluding carboxylic acids is 1. The molecule has 0 saturated heterocycles. The first kappa shape index (κ1) is 22.5. The van der Waals surface area contributed by atoms with Crippen LogP contribution in [0.3, 0.4) is 0 Å². The van der Waals surface area contributed by atoms with Gasteiger partial charge in [-0.15, -0.1) is 11.3 Å². The fraction of sp³-hybridized carbons (Fsp3) is 0.250. The van der Waals surface area contributed by atoms with Gasteiger partial charge in [0, 0.05) is 17.5 Å². The molecule has 0 fully saturated rings. The summed E-state index contributed by atoms with van der Waals surface area (Å²) in [4.78, 5) is 24.2. The van der Waals surface area contributed by atoms with Gasteiger partial charge < -0.3 is 20.5 Å². The monoisotopic (exact) mass is 463 g/mol. The van der Waals surface area contributed by atoms with E-state index in [0.717, 1.165) is 33.6 Å². The van der Waals surface area contributed by atoms with E-state index < -0.39 is 0 Å². The van der Waals surface area contributed by atoms with E-state index in [1.165, 1.54) is 6.33 Å². The van der Waals surface area contributed by atoms with Crippen molar-refractivity contribution in [3.8, 4) is 11.5 Å². The van der Waals surface area contributed by atoms with Crippen molar-refractivity contribution in [2.75, 3.05) is 11.9 Å². The van der Waals surface area contributed by atoms with Gasteiger partial charge in [-0.1, -0.05) is 13.0 Å². The van der Waals surface area contributed by atoms with Crippen LogP contribution in [0.2, 0.25) is 0 Å². The third-order valence-corrected chi connectivity index (χ3v) is 5.63. The largest absolute Gasteiger partial charge is 0.492 e. The van der Waals surface area contributed by atoms with Gasteiger partial charge in [0.2, 0.25) is 5.91 Å². The Labute approximate surface area is 195 Å². The average molecular weight is 464 g/mol. The molecule has 0 aliphatic rings. The Morgan fingerprint density at radius 3 is 2.79 bits per heavy atom. The van der Waals surface area contributed by atoms with Gasteiger partial charge in [-0.25, -0.2) is 15.0 Å². The second kappa shape index (κ2) is 10.3. The molecule has 4 rings (SSSR count). The number of nitrogens with two attached hydrogens (primary N) is 1. The Bertz CT molecular complexity index is 1240. The highest BCUT2D eigenvalue weighted by atomic mass is 32.1. The van der Waals surface area contributed by atoms with Gasteiger partial charge in [-0.05, 0) is 48.7 Å². The number of amides is 1. The number of rotatable bonds is 10. The molecule has 0 radical (unpaired) electrons. The summed E-state index contributed by atoms with van der Waals surface area (Å²) in [5.74, 6) is 1.73. The second-order valence-corrected chi connectivity index (χ2v) is 8.55. The molecule has 2 aromatic carbocycles. The number of hydrogen-bond donors (Lipinski definition) is 2. The highest BCUT2D eigenvalue weighted by Crippen LogP contribution is 2.33. The third kappa shape index (κ3) is 5.75. The zero-order valence-electron chi connectivity index (χ0n) is 18.4. The molecule has 2 aromatic heterocycles. The summed E-state index contributed by atoms with van der Waals surface area (Å²) in [7, 11) is 0. The van der Waals surface area contributed by atoms with Crippen molar-refractivity contribution in [2.24, 2.45) is 11.7 Å². The summed E-state index contributed by atoms with van der Waals surface area (Å²) in [5.41, 5.74) is 10.6. The summed E-state index contributed by atoms with van der Waals surface area (Å²) >= 11 is 1.55. The van der Waals surface area contributed by atoms with E-state index in [-0.39, 0.29) is 18.2 Å². The molecule has 33 heavy (non-hydrogen) atoms. The summed E-state index contributed by atoms with van der Waals surface area (Å²) in [5, 5.41) is 6.12. The lowest BCUT2D eigenvalue weighted by atomic mass is 10.1. The smallest absolute Gasteiger partial charge is 0.217 e. The third-order valence-electron chi connectivity index (χ3n) is 4.99. The Morgan fingerprint density at radius 1 is 1.15 bits per heavy atom. The van der Waals surface area contributed by atoms with Gasteiger partial charge in [0.25, 0.3) is 0 Å². The Morgan fingerprint density at radius 2 is 2.03 bits per heavy atom. The maximum Gasteiger partial charge on any atom is 0.217 e. The molecule has 1 amide bonds. The van der Waals surface area contributed by atoms with E-state index in [0.29, 0.717) is 24.8 Å². The maximum absolute atomic E-state index is 11.2. The van der Waals surface area contributed by atoms with Crippen molar-refractivity contribution in [3.05, 3.63) is 64.9 Å². The summed E-state index contributed by atoms with van der Waals surface area (Å²) in [6.45, 7) is 4.71. The molecule has 4 aromatic rings. The van der Waals surface area contributed by atoms with Crippen LogP contribution in [0.1, 0.15) is 24.6 Å². The first-order valence-electron chi connectivity index (χ1n) is 10.5. The molecular formula is C24H25N5O3S. The van der Waals surface area contributed by atoms with Crippen molar-refractivity contribution < 1.29 is 14.3 Å². The van der Waals surface area contributed by atoms with Crippen molar-refractivity contribution in [3.63, 3.8) is 0 Å². The zero-order chi connectivity index (χ0) is 23.2. The van der Waals surface area contributed by atoms with Gasteiger partial charge in [-0.2, -0.15) is 0 Å². The Kier molecular flexibility index (Phi) is 6.99. The molecule has 0 saturated carbocycles. The number of fused-ring (bicyclic) bond motifs is 1. The average Bonchev–Trinajstić information content (AvgIpc) is 3.30. The van der Waals surface area contributed by atoms with E-state index in [1.54, 1.807) is 16.8 Å². The highest BCUT2D eigenvalue weighted by Gasteiger charge is 2.13. The van der Waals surface area contributed by atoms with Crippen molar-refractivity contribution in [1.82, 2.24) is 15.0 Å². The van der Waals surface area contributed by atoms with Crippen LogP contribution in [0.15, 0.2) is 53.6 Å². The van der Waals surface area contributed by atoms with Crippen LogP contribution in [-0.2, 0) is 11.4 Å². The van der Waals surface area contributed by atoms with Crippen molar-refractivity contribution in [1.29, 1.82) is 0 Å². The van der Waals surface area contributed by atoms with Crippen LogP contribution in [0.5, 0.6) is 11.5 Å². The molecule has 0 aliphatic carbocycles. The van der Waals surface area contributed by atoms with Crippen LogP contribution in [-0.4, -0.2) is 27.5 Å². The molecule has 1 atom stereocenters. The van der Waals surface area contributed by atoms with Crippen LogP contribution >= 0.6 is 11.3 Å². The minimum Gasteiger partial charge on any atom is -0.492 e. The first-order chi connectivity index (χ1) is 16.0. The lowest BCUT2D eigenvalue weighted by Crippen LogP contribution is -2.19. The minimum atomic E-state index is -0.343. The molecule has 8 nitrogen and oxygen atoms in total. The van der Waals surface area contributed by atoms with Crippen LogP contribution < -0.4 is 20.5 Å². The normalized spacial score (nSPS) is 11.8. The fourth-order valence-corrected chi connectivity index (χ4v) is 3.96. The standard InChI is InChI=1S/C24H25N5O3S/c1-15(8-22(25)30)10-31-21-5-3-4-19-23(21)24(27-13-26-19)29-17-6-7-20(16(2)9-17)32-11-18-12-33-14-28-18/h3-7,9,12-15H,8,10-11H2,1-2H3,(H2,25,30)(H,26,27,29)/t15-/m1/s1. The van der Waals surface area contributed by atoms with Crippen molar-refractivity contribution >= 4 is 39.7 Å². The molecular weight excluding hydrogens is 438 g/mol. The predicted octanol–water partition coefficient (Wildman–Crippen LogP) is 4.61. The summed E-state index contributed by atoms with van der Waals surface area (Å²) in [6, 6.07) is 11.5. The number of primary amides is 1. The topological polar surface area (TPSA) is 112 Å². The summed E-state index contributed by atoms with van der Waals surface area (Å²) in [6.07, 6.45) is 1.78. The molecule has 170 valence electrons. The summed E-state index contributed by atoms with van der Waals surface area (Å²) < 4.78 is 11.9. The van der Waals surface area contributed by atoms with E-state index in [2.05, 4.69) is 20.3 Å². The van der Waals surface area contributed by atoms with E-state index in [4.69, 9.17) is 15.2 Å². The molecule has 0 spiro atoms. The highest BCUT2D eigenvalue weighted by molar-refractivity contribution is 7.07. The lowest BCUT2D eigenvalue weighted by molar-refractivity contribution is -0.119. The van der Waals surface area contributed by atoms with Crippen LogP contribution in [0.25, 0.3) is 10.9 Å². The number of carbonyl (C=O) groups is 1. The molecule has 0 bridgehead atoms. The molecule has 2 heterocycles. The molecule has 0 unspecified atom stereocenters. The SMILES string of the molecule is Cc1cc(Nc2ncnc3cccc(OC[C@H](C)CC(N)=O)c23)ccc1OCc1cscn1. The zero-order valence-corrected chi connectivity index (χ0v) is 19.3. The van der Waals surface area contributed by atoms with E-state index in [9.17, 15) is 4.79 Å². The van der Waals surface area contributed by atoms with Gasteiger partial charge >= 0.3 is 0 Å². The number of benzene rings is 2. The number of hydrogen-bond acceptors (Lipinski definition) is 8. The lowest BCUT2D eigenvalue weighted by Gasteiger charge is -2.16. The number of nitrogens with one attached hydrogen (secondary N) is 1. The fourth-order valence-electron chi connectivity index (χ4n) is 3.41. The molecule has 9 heteroatoms. The molecule has 3 N–H and O–H groups in total. The van der Waals surface area contributed by atoms with Crippen LogP contribution in [0, 0.1) is 12.8 Å². The Balaban J connectivity index is 1.53. The van der Waals surface area contributed by atoms with Crippen LogP contribution in [0.4, 0.5) is 11.5 Å². The van der Waals surface area contributed by atoms with E-state index in [1.807, 2.05) is 55.6 Å². The minimum absolute atomic E-state index is 0.00160. The predicted molar refractivity (Wildman–Crippen MR) is 129 cm³/mol. The maximum atomic E-state index is 11.2. The number of aromatic nitrogens is 3. The Hall–Kier alpha value is -3.72. The number of ether oxygens (including phenoxy) is 2. The quantitative estimate of drug-likeness (QED) is 0.353. The van der Waals surface area contributed by atoms with Gasteiger partial charge in [0.05, 0.1) is 28.7 Å². The number of nitrogens with zero attached hydrogens (tertiary/aromatic N) is 3. The van der Waals surface area contributed by atoms with Gasteiger partial charge in [0.15, 0.2) is 0 Å². The molecule has 0 aliphatic heterocycles. The second-order valence-electron chi connectivity index (χ2n) is 7.83.